The van der Waals surface area contributed by atoms with Crippen LogP contribution in [0.5, 0.6) is 0 Å². The van der Waals surface area contributed by atoms with Crippen LogP contribution < -0.4 is 5.32 Å². The average molecular weight is 337 g/mol. The van der Waals surface area contributed by atoms with Crippen LogP contribution in [0.2, 0.25) is 4.34 Å². The van der Waals surface area contributed by atoms with Crippen molar-refractivity contribution in [1.82, 2.24) is 5.32 Å². The van der Waals surface area contributed by atoms with Gasteiger partial charge in [-0.25, -0.2) is 0 Å². The predicted octanol–water partition coefficient (Wildman–Crippen LogP) is 4.56. The number of nitrogens with one attached hydrogen (secondary N) is 1. The maximum atomic E-state index is 5.87. The third kappa shape index (κ3) is 3.57. The van der Waals surface area contributed by atoms with E-state index in [1.54, 1.807) is 22.7 Å². The standard InChI is InChI=1S/C11H11BrClNS2/c12-9-4-6-15-10(9)7-14-5-3-8-1-2-11(13)16-8/h1-2,4,6,14H,3,5,7H2. The molecule has 0 aromatic carbocycles. The molecule has 0 aliphatic heterocycles. The van der Waals surface area contributed by atoms with Crippen LogP contribution in [0.4, 0.5) is 0 Å². The first-order valence-electron chi connectivity index (χ1n) is 4.92. The van der Waals surface area contributed by atoms with Gasteiger partial charge in [0.15, 0.2) is 0 Å². The topological polar surface area (TPSA) is 12.0 Å². The lowest BCUT2D eigenvalue weighted by molar-refractivity contribution is 0.696. The van der Waals surface area contributed by atoms with Gasteiger partial charge >= 0.3 is 0 Å². The molecular formula is C11H11BrClNS2. The summed E-state index contributed by atoms with van der Waals surface area (Å²) >= 11 is 12.8. The van der Waals surface area contributed by atoms with Crippen molar-refractivity contribution in [3.63, 3.8) is 0 Å². The Labute approximate surface area is 117 Å². The number of halogens is 2. The maximum Gasteiger partial charge on any atom is 0.0931 e. The van der Waals surface area contributed by atoms with Crippen molar-refractivity contribution < 1.29 is 0 Å². The Hall–Kier alpha value is 0.130. The molecule has 0 unspecified atom stereocenters. The zero-order valence-electron chi connectivity index (χ0n) is 8.50. The summed E-state index contributed by atoms with van der Waals surface area (Å²) in [6.07, 6.45) is 1.04. The van der Waals surface area contributed by atoms with Crippen molar-refractivity contribution >= 4 is 50.2 Å². The largest absolute Gasteiger partial charge is 0.311 e. The first-order chi connectivity index (χ1) is 7.75. The molecular weight excluding hydrogens is 326 g/mol. The molecule has 0 aliphatic carbocycles. The minimum absolute atomic E-state index is 0.871. The summed E-state index contributed by atoms with van der Waals surface area (Å²) in [5.41, 5.74) is 0. The molecule has 0 atom stereocenters. The lowest BCUT2D eigenvalue weighted by atomic mass is 10.3. The molecule has 0 bridgehead atoms. The summed E-state index contributed by atoms with van der Waals surface area (Å²) in [6, 6.07) is 6.13. The fourth-order valence-electron chi connectivity index (χ4n) is 1.35. The highest BCUT2D eigenvalue weighted by molar-refractivity contribution is 9.10. The Morgan fingerprint density at radius 1 is 1.31 bits per heavy atom. The predicted molar refractivity (Wildman–Crippen MR) is 76.8 cm³/mol. The summed E-state index contributed by atoms with van der Waals surface area (Å²) in [6.45, 7) is 1.92. The van der Waals surface area contributed by atoms with Crippen molar-refractivity contribution in [2.24, 2.45) is 0 Å². The Morgan fingerprint density at radius 2 is 2.19 bits per heavy atom. The summed E-state index contributed by atoms with van der Waals surface area (Å²) in [4.78, 5) is 2.69. The average Bonchev–Trinajstić information content (AvgIpc) is 2.83. The minimum atomic E-state index is 0.871. The Kier molecular flexibility index (Phi) is 4.85. The first kappa shape index (κ1) is 12.6. The number of thiophene rings is 2. The fraction of sp³-hybridized carbons (Fsp3) is 0.273. The van der Waals surface area contributed by atoms with Crippen LogP contribution in [0.1, 0.15) is 9.75 Å². The molecule has 0 spiro atoms. The van der Waals surface area contributed by atoms with Gasteiger partial charge in [0.25, 0.3) is 0 Å². The van der Waals surface area contributed by atoms with Crippen LogP contribution in [0.3, 0.4) is 0 Å². The van der Waals surface area contributed by atoms with E-state index in [-0.39, 0.29) is 0 Å². The third-order valence-corrected chi connectivity index (χ3v) is 5.37. The highest BCUT2D eigenvalue weighted by Crippen LogP contribution is 2.23. The van der Waals surface area contributed by atoms with Crippen LogP contribution in [0, 0.1) is 0 Å². The molecule has 2 aromatic heterocycles. The third-order valence-electron chi connectivity index (χ3n) is 2.15. The number of hydrogen-bond donors (Lipinski definition) is 1. The summed E-state index contributed by atoms with van der Waals surface area (Å²) in [5, 5.41) is 5.53. The Morgan fingerprint density at radius 3 is 2.81 bits per heavy atom. The lowest BCUT2D eigenvalue weighted by Crippen LogP contribution is -2.15. The van der Waals surface area contributed by atoms with Crippen molar-refractivity contribution in [2.75, 3.05) is 6.54 Å². The second-order valence-electron chi connectivity index (χ2n) is 3.32. The Balaban J connectivity index is 1.71. The molecule has 0 saturated carbocycles. The molecule has 16 heavy (non-hydrogen) atoms. The Bertz CT molecular complexity index is 452. The van der Waals surface area contributed by atoms with Gasteiger partial charge in [0, 0.05) is 27.3 Å². The molecule has 5 heteroatoms. The van der Waals surface area contributed by atoms with Gasteiger partial charge in [-0.05, 0) is 45.9 Å². The van der Waals surface area contributed by atoms with E-state index >= 15 is 0 Å². The van der Waals surface area contributed by atoms with Crippen LogP contribution in [0.15, 0.2) is 28.1 Å². The van der Waals surface area contributed by atoms with Crippen LogP contribution in [0.25, 0.3) is 0 Å². The van der Waals surface area contributed by atoms with Gasteiger partial charge in [0.2, 0.25) is 0 Å². The van der Waals surface area contributed by atoms with E-state index in [1.165, 1.54) is 14.2 Å². The molecule has 0 fully saturated rings. The second-order valence-corrected chi connectivity index (χ2v) is 6.98. The van der Waals surface area contributed by atoms with Gasteiger partial charge in [-0.3, -0.25) is 0 Å². The zero-order valence-corrected chi connectivity index (χ0v) is 12.5. The summed E-state index contributed by atoms with van der Waals surface area (Å²) in [5.74, 6) is 0. The molecule has 0 radical (unpaired) electrons. The molecule has 0 saturated heterocycles. The smallest absolute Gasteiger partial charge is 0.0931 e. The second kappa shape index (κ2) is 6.17. The molecule has 1 nitrogen and oxygen atoms in total. The van der Waals surface area contributed by atoms with E-state index in [1.807, 2.05) is 6.07 Å². The van der Waals surface area contributed by atoms with Crippen molar-refractivity contribution in [2.45, 2.75) is 13.0 Å². The minimum Gasteiger partial charge on any atom is -0.311 e. The fourth-order valence-corrected chi connectivity index (χ4v) is 3.90. The van der Waals surface area contributed by atoms with Gasteiger partial charge in [-0.15, -0.1) is 22.7 Å². The van der Waals surface area contributed by atoms with Gasteiger partial charge < -0.3 is 5.32 Å². The first-order valence-corrected chi connectivity index (χ1v) is 7.79. The van der Waals surface area contributed by atoms with Crippen molar-refractivity contribution in [3.05, 3.63) is 42.1 Å². The molecule has 2 heterocycles. The summed E-state index contributed by atoms with van der Waals surface area (Å²) < 4.78 is 2.07. The molecule has 0 aliphatic rings. The van der Waals surface area contributed by atoms with Gasteiger partial charge in [-0.2, -0.15) is 0 Å². The van der Waals surface area contributed by atoms with E-state index in [4.69, 9.17) is 11.6 Å². The van der Waals surface area contributed by atoms with Crippen LogP contribution in [-0.4, -0.2) is 6.54 Å². The van der Waals surface area contributed by atoms with E-state index in [0.717, 1.165) is 23.8 Å². The number of rotatable bonds is 5. The van der Waals surface area contributed by atoms with E-state index in [2.05, 4.69) is 38.8 Å². The normalized spacial score (nSPS) is 10.9. The van der Waals surface area contributed by atoms with Crippen molar-refractivity contribution in [3.8, 4) is 0 Å². The highest BCUT2D eigenvalue weighted by atomic mass is 79.9. The van der Waals surface area contributed by atoms with Crippen LogP contribution >= 0.6 is 50.2 Å². The molecule has 86 valence electrons. The maximum absolute atomic E-state index is 5.87. The van der Waals surface area contributed by atoms with E-state index in [0.29, 0.717) is 0 Å². The lowest BCUT2D eigenvalue weighted by Gasteiger charge is -2.02. The van der Waals surface area contributed by atoms with Gasteiger partial charge in [0.1, 0.15) is 0 Å². The monoisotopic (exact) mass is 335 g/mol. The van der Waals surface area contributed by atoms with Gasteiger partial charge in [0.05, 0.1) is 4.34 Å². The van der Waals surface area contributed by atoms with Crippen molar-refractivity contribution in [1.29, 1.82) is 0 Å². The molecule has 0 amide bonds. The molecule has 2 aromatic rings. The quantitative estimate of drug-likeness (QED) is 0.789. The van der Waals surface area contributed by atoms with E-state index in [9.17, 15) is 0 Å². The zero-order chi connectivity index (χ0) is 11.4. The summed E-state index contributed by atoms with van der Waals surface area (Å²) in [7, 11) is 0. The number of hydrogen-bond acceptors (Lipinski definition) is 3. The molecule has 1 N–H and O–H groups in total. The van der Waals surface area contributed by atoms with E-state index < -0.39 is 0 Å². The molecule has 2 rings (SSSR count). The van der Waals surface area contributed by atoms with Crippen LogP contribution in [-0.2, 0) is 13.0 Å². The highest BCUT2D eigenvalue weighted by Gasteiger charge is 2.01. The SMILES string of the molecule is Clc1ccc(CCNCc2sccc2Br)s1. The van der Waals surface area contributed by atoms with Gasteiger partial charge in [-0.1, -0.05) is 11.6 Å².